The van der Waals surface area contributed by atoms with Crippen molar-refractivity contribution in [1.29, 1.82) is 0 Å². The number of carboxylic acid groups (broad SMARTS) is 1. The Balaban J connectivity index is 2.77. The number of rotatable bonds is 2. The Bertz CT molecular complexity index is 304. The first-order valence-electron chi connectivity index (χ1n) is 4.53. The third kappa shape index (κ3) is 2.43. The second kappa shape index (κ2) is 4.28. The van der Waals surface area contributed by atoms with E-state index in [1.807, 2.05) is 0 Å². The van der Waals surface area contributed by atoms with Gasteiger partial charge in [-0.3, -0.25) is 4.79 Å². The van der Waals surface area contributed by atoms with Crippen molar-refractivity contribution in [3.05, 3.63) is 0 Å². The van der Waals surface area contributed by atoms with Crippen LogP contribution in [-0.4, -0.2) is 51.9 Å². The molecule has 0 aliphatic carbocycles. The van der Waals surface area contributed by atoms with Crippen LogP contribution < -0.4 is 0 Å². The molecule has 0 aromatic heterocycles. The Morgan fingerprint density at radius 1 is 1.38 bits per heavy atom. The van der Waals surface area contributed by atoms with E-state index in [0.29, 0.717) is 11.3 Å². The highest BCUT2D eigenvalue weighted by Crippen LogP contribution is 2.25. The summed E-state index contributed by atoms with van der Waals surface area (Å²) in [6.45, 7) is -0.0804. The van der Waals surface area contributed by atoms with E-state index in [1.54, 1.807) is 0 Å². The van der Waals surface area contributed by atoms with Gasteiger partial charge in [0.05, 0.1) is 0 Å². The first-order chi connectivity index (χ1) is 7.25. The summed E-state index contributed by atoms with van der Waals surface area (Å²) in [5, 5.41) is 17.4. The minimum Gasteiger partial charge on any atom is -0.480 e. The van der Waals surface area contributed by atoms with Gasteiger partial charge in [0.1, 0.15) is 6.04 Å². The second-order valence-electron chi connectivity index (χ2n) is 3.47. The van der Waals surface area contributed by atoms with Crippen molar-refractivity contribution in [2.45, 2.75) is 31.2 Å². The maximum atomic E-state index is 12.0. The Kier molecular flexibility index (Phi) is 3.41. The van der Waals surface area contributed by atoms with Gasteiger partial charge >= 0.3 is 12.1 Å². The molecule has 2 N–H and O–H groups in total. The largest absolute Gasteiger partial charge is 0.480 e. The third-order valence-corrected chi connectivity index (χ3v) is 2.36. The van der Waals surface area contributed by atoms with Gasteiger partial charge in [0.25, 0.3) is 5.91 Å². The highest BCUT2D eigenvalue weighted by molar-refractivity contribution is 5.87. The van der Waals surface area contributed by atoms with Crippen LogP contribution in [0.3, 0.4) is 0 Å². The minimum atomic E-state index is -5.07. The van der Waals surface area contributed by atoms with Crippen LogP contribution in [0.25, 0.3) is 0 Å². The molecule has 1 aliphatic rings. The number of nitrogens with zero attached hydrogens (tertiary/aromatic N) is 1. The van der Waals surface area contributed by atoms with Crippen molar-refractivity contribution in [3.63, 3.8) is 0 Å². The zero-order valence-corrected chi connectivity index (χ0v) is 8.07. The highest BCUT2D eigenvalue weighted by atomic mass is 19.4. The fourth-order valence-corrected chi connectivity index (χ4v) is 1.58. The lowest BCUT2D eigenvalue weighted by Crippen LogP contribution is -2.50. The summed E-state index contributed by atoms with van der Waals surface area (Å²) in [4.78, 5) is 22.4. The van der Waals surface area contributed by atoms with Crippen LogP contribution in [0.2, 0.25) is 0 Å². The quantitative estimate of drug-likeness (QED) is 0.712. The number of alkyl halides is 3. The lowest BCUT2D eigenvalue weighted by molar-refractivity contribution is -0.211. The van der Waals surface area contributed by atoms with Crippen molar-refractivity contribution in [3.8, 4) is 0 Å². The van der Waals surface area contributed by atoms with Crippen LogP contribution in [0.1, 0.15) is 12.8 Å². The molecule has 16 heavy (non-hydrogen) atoms. The average molecular weight is 241 g/mol. The van der Waals surface area contributed by atoms with Gasteiger partial charge in [-0.25, -0.2) is 4.79 Å². The molecule has 1 amide bonds. The molecule has 2 unspecified atom stereocenters. The average Bonchev–Trinajstić information content (AvgIpc) is 2.62. The SMILES string of the molecule is O=C(O)C1CCCN1C(=O)C(O)C(F)(F)F. The van der Waals surface area contributed by atoms with Gasteiger partial charge < -0.3 is 15.1 Å². The fraction of sp³-hybridized carbons (Fsp3) is 0.750. The van der Waals surface area contributed by atoms with Gasteiger partial charge in [-0.15, -0.1) is 0 Å². The number of carbonyl (C=O) groups excluding carboxylic acids is 1. The summed E-state index contributed by atoms with van der Waals surface area (Å²) in [6, 6.07) is -1.27. The molecule has 0 spiro atoms. The molecule has 92 valence electrons. The van der Waals surface area contributed by atoms with Crippen LogP contribution in [0.5, 0.6) is 0 Å². The molecule has 1 aliphatic heterocycles. The van der Waals surface area contributed by atoms with E-state index >= 15 is 0 Å². The topological polar surface area (TPSA) is 77.8 Å². The number of hydrogen-bond donors (Lipinski definition) is 2. The number of halogens is 3. The molecule has 1 fully saturated rings. The molecular formula is C8H10F3NO4. The van der Waals surface area contributed by atoms with E-state index in [9.17, 15) is 22.8 Å². The summed E-state index contributed by atoms with van der Waals surface area (Å²) >= 11 is 0. The van der Waals surface area contributed by atoms with E-state index < -0.39 is 30.2 Å². The summed E-state index contributed by atoms with van der Waals surface area (Å²) in [7, 11) is 0. The number of amides is 1. The first-order valence-corrected chi connectivity index (χ1v) is 4.53. The highest BCUT2D eigenvalue weighted by Gasteiger charge is 2.48. The van der Waals surface area contributed by atoms with Gasteiger partial charge in [0.2, 0.25) is 6.10 Å². The van der Waals surface area contributed by atoms with Gasteiger partial charge in [-0.2, -0.15) is 13.2 Å². The molecule has 1 rings (SSSR count). The first kappa shape index (κ1) is 12.8. The smallest absolute Gasteiger partial charge is 0.423 e. The van der Waals surface area contributed by atoms with Gasteiger partial charge in [0, 0.05) is 6.54 Å². The van der Waals surface area contributed by atoms with Crippen molar-refractivity contribution < 1.29 is 33.0 Å². The van der Waals surface area contributed by atoms with E-state index in [0.717, 1.165) is 0 Å². The van der Waals surface area contributed by atoms with Crippen LogP contribution in [0, 0.1) is 0 Å². The minimum absolute atomic E-state index is 0.0804. The Labute approximate surface area is 88.5 Å². The summed E-state index contributed by atoms with van der Waals surface area (Å²) in [5.74, 6) is -2.96. The van der Waals surface area contributed by atoms with Gasteiger partial charge in [-0.05, 0) is 12.8 Å². The molecule has 0 aromatic carbocycles. The summed E-state index contributed by atoms with van der Waals surface area (Å²) in [6.07, 6.45) is -7.80. The molecule has 2 atom stereocenters. The molecule has 0 saturated carbocycles. The molecule has 8 heteroatoms. The Hall–Kier alpha value is -1.31. The standard InChI is InChI=1S/C8H10F3NO4/c9-8(10,11)5(13)6(14)12-3-1-2-4(12)7(15)16/h4-5,13H,1-3H2,(H,15,16). The predicted octanol–water partition coefficient (Wildman–Crippen LogP) is -0.0148. The third-order valence-electron chi connectivity index (χ3n) is 2.36. The number of carboxylic acids is 1. The van der Waals surface area contributed by atoms with E-state index in [4.69, 9.17) is 10.2 Å². The Morgan fingerprint density at radius 2 is 1.94 bits per heavy atom. The normalized spacial score (nSPS) is 23.2. The van der Waals surface area contributed by atoms with Crippen LogP contribution >= 0.6 is 0 Å². The van der Waals surface area contributed by atoms with E-state index in [2.05, 4.69) is 0 Å². The zero-order chi connectivity index (χ0) is 12.5. The number of carbonyl (C=O) groups is 2. The van der Waals surface area contributed by atoms with E-state index in [-0.39, 0.29) is 13.0 Å². The molecule has 0 aromatic rings. The Morgan fingerprint density at radius 3 is 2.38 bits per heavy atom. The van der Waals surface area contributed by atoms with Crippen LogP contribution in [-0.2, 0) is 9.59 Å². The van der Waals surface area contributed by atoms with Crippen molar-refractivity contribution >= 4 is 11.9 Å². The number of aliphatic hydroxyl groups excluding tert-OH is 1. The summed E-state index contributed by atoms with van der Waals surface area (Å²) in [5.41, 5.74) is 0. The van der Waals surface area contributed by atoms with Gasteiger partial charge in [-0.1, -0.05) is 0 Å². The van der Waals surface area contributed by atoms with Crippen LogP contribution in [0.4, 0.5) is 13.2 Å². The van der Waals surface area contributed by atoms with Crippen molar-refractivity contribution in [1.82, 2.24) is 4.90 Å². The lowest BCUT2D eigenvalue weighted by atomic mass is 10.2. The maximum Gasteiger partial charge on any atom is 0.423 e. The second-order valence-corrected chi connectivity index (χ2v) is 3.47. The molecular weight excluding hydrogens is 231 g/mol. The number of aliphatic hydroxyl groups is 1. The lowest BCUT2D eigenvalue weighted by Gasteiger charge is -2.25. The molecule has 0 bridgehead atoms. The fourth-order valence-electron chi connectivity index (χ4n) is 1.58. The zero-order valence-electron chi connectivity index (χ0n) is 8.07. The monoisotopic (exact) mass is 241 g/mol. The number of hydrogen-bond acceptors (Lipinski definition) is 3. The van der Waals surface area contributed by atoms with Gasteiger partial charge in [0.15, 0.2) is 0 Å². The van der Waals surface area contributed by atoms with Crippen molar-refractivity contribution in [2.75, 3.05) is 6.54 Å². The predicted molar refractivity (Wildman–Crippen MR) is 44.4 cm³/mol. The van der Waals surface area contributed by atoms with Crippen LogP contribution in [0.15, 0.2) is 0 Å². The molecule has 1 heterocycles. The molecule has 5 nitrogen and oxygen atoms in total. The van der Waals surface area contributed by atoms with Crippen molar-refractivity contribution in [2.24, 2.45) is 0 Å². The molecule has 0 radical (unpaired) electrons. The van der Waals surface area contributed by atoms with E-state index in [1.165, 1.54) is 0 Å². The molecule has 1 saturated heterocycles. The number of likely N-dealkylation sites (tertiary alicyclic amines) is 1. The maximum absolute atomic E-state index is 12.0. The summed E-state index contributed by atoms with van der Waals surface area (Å²) < 4.78 is 36.1. The number of aliphatic carboxylic acids is 1.